The highest BCUT2D eigenvalue weighted by atomic mass is 32.1. The highest BCUT2D eigenvalue weighted by Crippen LogP contribution is 2.19. The lowest BCUT2D eigenvalue weighted by Crippen LogP contribution is -2.28. The summed E-state index contributed by atoms with van der Waals surface area (Å²) in [6.07, 6.45) is 0. The Labute approximate surface area is 139 Å². The largest absolute Gasteiger partial charge is 0.465 e. The molecule has 120 valence electrons. The molecule has 0 unspecified atom stereocenters. The first kappa shape index (κ1) is 16.9. The van der Waals surface area contributed by atoms with Crippen molar-refractivity contribution >= 4 is 29.0 Å². The van der Waals surface area contributed by atoms with Crippen LogP contribution in [0.5, 0.6) is 0 Å². The van der Waals surface area contributed by atoms with E-state index in [-0.39, 0.29) is 5.82 Å². The number of methoxy groups -OCH3 is 1. The van der Waals surface area contributed by atoms with E-state index in [4.69, 9.17) is 17.0 Å². The van der Waals surface area contributed by atoms with Crippen LogP contribution in [-0.4, -0.2) is 18.2 Å². The Bertz CT molecular complexity index is 734. The number of carbonyl (C=O) groups excluding carboxylic acids is 1. The third-order valence-corrected chi connectivity index (χ3v) is 3.58. The molecule has 2 aromatic carbocycles. The van der Waals surface area contributed by atoms with Crippen molar-refractivity contribution in [1.82, 2.24) is 5.32 Å². The summed E-state index contributed by atoms with van der Waals surface area (Å²) in [5.41, 5.74) is 2.72. The molecule has 0 saturated heterocycles. The molecule has 0 amide bonds. The number of rotatable bonds is 4. The van der Waals surface area contributed by atoms with Crippen LogP contribution in [0.4, 0.5) is 10.1 Å². The van der Waals surface area contributed by atoms with Gasteiger partial charge in [-0.1, -0.05) is 18.2 Å². The van der Waals surface area contributed by atoms with Crippen LogP contribution in [0.3, 0.4) is 0 Å². The van der Waals surface area contributed by atoms with Crippen molar-refractivity contribution in [3.8, 4) is 0 Å². The second-order valence-corrected chi connectivity index (χ2v) is 5.32. The zero-order valence-electron chi connectivity index (χ0n) is 12.9. The third kappa shape index (κ3) is 4.50. The molecule has 4 nitrogen and oxygen atoms in total. The van der Waals surface area contributed by atoms with E-state index in [0.717, 1.165) is 11.1 Å². The molecule has 0 bridgehead atoms. The smallest absolute Gasteiger partial charge is 0.338 e. The molecule has 0 spiro atoms. The number of nitrogens with one attached hydrogen (secondary N) is 2. The third-order valence-electron chi connectivity index (χ3n) is 3.33. The van der Waals surface area contributed by atoms with Crippen LogP contribution in [0.25, 0.3) is 0 Å². The summed E-state index contributed by atoms with van der Waals surface area (Å²) in [6.45, 7) is 2.21. The van der Waals surface area contributed by atoms with E-state index in [1.807, 2.05) is 19.1 Å². The predicted octanol–water partition coefficient (Wildman–Crippen LogP) is 3.41. The molecule has 2 aromatic rings. The molecule has 6 heteroatoms. The normalized spacial score (nSPS) is 10.0. The number of hydrogen-bond donors (Lipinski definition) is 2. The minimum absolute atomic E-state index is 0.287. The van der Waals surface area contributed by atoms with Gasteiger partial charge in [-0.2, -0.15) is 0 Å². The fourth-order valence-electron chi connectivity index (χ4n) is 2.10. The molecular formula is C17H17FN2O2S. The fourth-order valence-corrected chi connectivity index (χ4v) is 2.28. The number of carbonyl (C=O) groups is 1. The molecule has 0 radical (unpaired) electrons. The highest BCUT2D eigenvalue weighted by Gasteiger charge is 2.12. The first-order valence-corrected chi connectivity index (χ1v) is 7.39. The number of ether oxygens (including phenoxy) is 1. The van der Waals surface area contributed by atoms with Crippen LogP contribution in [0, 0.1) is 12.7 Å². The van der Waals surface area contributed by atoms with Crippen LogP contribution in [0.15, 0.2) is 42.5 Å². The Kier molecular flexibility index (Phi) is 5.65. The molecule has 0 fully saturated rings. The van der Waals surface area contributed by atoms with Crippen molar-refractivity contribution in [2.45, 2.75) is 13.5 Å². The Morgan fingerprint density at radius 3 is 2.70 bits per heavy atom. The number of benzene rings is 2. The number of halogens is 1. The van der Waals surface area contributed by atoms with Gasteiger partial charge in [0.25, 0.3) is 0 Å². The first-order valence-electron chi connectivity index (χ1n) is 6.98. The van der Waals surface area contributed by atoms with Gasteiger partial charge >= 0.3 is 5.97 Å². The Morgan fingerprint density at radius 2 is 2.00 bits per heavy atom. The van der Waals surface area contributed by atoms with Crippen LogP contribution in [0.2, 0.25) is 0 Å². The molecular weight excluding hydrogens is 315 g/mol. The summed E-state index contributed by atoms with van der Waals surface area (Å²) in [5, 5.41) is 6.42. The lowest BCUT2D eigenvalue weighted by Gasteiger charge is -2.14. The van der Waals surface area contributed by atoms with Crippen molar-refractivity contribution in [2.75, 3.05) is 12.4 Å². The zero-order chi connectivity index (χ0) is 16.8. The monoisotopic (exact) mass is 332 g/mol. The molecule has 0 atom stereocenters. The van der Waals surface area contributed by atoms with E-state index < -0.39 is 5.97 Å². The quantitative estimate of drug-likeness (QED) is 0.664. The molecule has 0 saturated carbocycles. The van der Waals surface area contributed by atoms with Gasteiger partial charge in [0.1, 0.15) is 5.82 Å². The Hall–Kier alpha value is -2.47. The number of hydrogen-bond acceptors (Lipinski definition) is 3. The van der Waals surface area contributed by atoms with Crippen LogP contribution in [0.1, 0.15) is 21.5 Å². The van der Waals surface area contributed by atoms with Gasteiger partial charge < -0.3 is 15.4 Å². The maximum absolute atomic E-state index is 13.1. The van der Waals surface area contributed by atoms with Crippen molar-refractivity contribution in [3.05, 3.63) is 65.0 Å². The van der Waals surface area contributed by atoms with E-state index in [9.17, 15) is 9.18 Å². The minimum Gasteiger partial charge on any atom is -0.465 e. The van der Waals surface area contributed by atoms with E-state index in [0.29, 0.717) is 22.9 Å². The summed E-state index contributed by atoms with van der Waals surface area (Å²) in [6, 6.07) is 11.5. The lowest BCUT2D eigenvalue weighted by atomic mass is 10.1. The van der Waals surface area contributed by atoms with Gasteiger partial charge in [-0.25, -0.2) is 9.18 Å². The maximum atomic E-state index is 13.1. The van der Waals surface area contributed by atoms with E-state index in [1.165, 1.54) is 19.2 Å². The highest BCUT2D eigenvalue weighted by molar-refractivity contribution is 7.80. The Balaban J connectivity index is 2.02. The summed E-state index contributed by atoms with van der Waals surface area (Å²) >= 11 is 5.23. The molecule has 23 heavy (non-hydrogen) atoms. The van der Waals surface area contributed by atoms with Crippen LogP contribution >= 0.6 is 12.2 Å². The molecule has 0 aliphatic heterocycles. The van der Waals surface area contributed by atoms with Gasteiger partial charge in [0, 0.05) is 12.2 Å². The van der Waals surface area contributed by atoms with Crippen molar-refractivity contribution in [3.63, 3.8) is 0 Å². The van der Waals surface area contributed by atoms with E-state index >= 15 is 0 Å². The maximum Gasteiger partial charge on any atom is 0.338 e. The summed E-state index contributed by atoms with van der Waals surface area (Å²) in [4.78, 5) is 11.7. The summed E-state index contributed by atoms with van der Waals surface area (Å²) < 4.78 is 17.9. The summed E-state index contributed by atoms with van der Waals surface area (Å²) in [5.74, 6) is -0.686. The van der Waals surface area contributed by atoms with Gasteiger partial charge in [-0.15, -0.1) is 0 Å². The van der Waals surface area contributed by atoms with Crippen LogP contribution in [-0.2, 0) is 11.3 Å². The minimum atomic E-state index is -0.398. The van der Waals surface area contributed by atoms with Gasteiger partial charge in [-0.3, -0.25) is 0 Å². The number of anilines is 1. The second-order valence-electron chi connectivity index (χ2n) is 4.91. The van der Waals surface area contributed by atoms with E-state index in [2.05, 4.69) is 10.6 Å². The van der Waals surface area contributed by atoms with Crippen molar-refractivity contribution in [2.24, 2.45) is 0 Å². The molecule has 2 N–H and O–H groups in total. The van der Waals surface area contributed by atoms with Crippen molar-refractivity contribution < 1.29 is 13.9 Å². The second kappa shape index (κ2) is 7.69. The number of thiocarbonyl (C=S) groups is 1. The molecule has 0 aliphatic carbocycles. The molecule has 0 aromatic heterocycles. The first-order chi connectivity index (χ1) is 11.0. The predicted molar refractivity (Wildman–Crippen MR) is 92.0 cm³/mol. The van der Waals surface area contributed by atoms with E-state index in [1.54, 1.807) is 18.2 Å². The van der Waals surface area contributed by atoms with Gasteiger partial charge in [-0.05, 0) is 54.5 Å². The topological polar surface area (TPSA) is 50.4 Å². The van der Waals surface area contributed by atoms with Gasteiger partial charge in [0.2, 0.25) is 0 Å². The summed E-state index contributed by atoms with van der Waals surface area (Å²) in [7, 11) is 1.34. The van der Waals surface area contributed by atoms with Gasteiger partial charge in [0.05, 0.1) is 12.7 Å². The molecule has 2 rings (SSSR count). The average Bonchev–Trinajstić information content (AvgIpc) is 2.54. The molecule has 0 aliphatic rings. The lowest BCUT2D eigenvalue weighted by molar-refractivity contribution is 0.0600. The molecule has 0 heterocycles. The SMILES string of the molecule is COC(=O)c1cccc(NC(=S)NCc2cccc(F)c2)c1C. The standard InChI is InChI=1S/C17H17FN2O2S/c1-11-14(16(21)22-2)7-4-8-15(11)20-17(23)19-10-12-5-3-6-13(18)9-12/h3-9H,10H2,1-2H3,(H2,19,20,23). The fraction of sp³-hybridized carbons (Fsp3) is 0.176. The Morgan fingerprint density at radius 1 is 1.26 bits per heavy atom. The number of esters is 1. The zero-order valence-corrected chi connectivity index (χ0v) is 13.7. The van der Waals surface area contributed by atoms with Crippen molar-refractivity contribution in [1.29, 1.82) is 0 Å². The van der Waals surface area contributed by atoms with Gasteiger partial charge in [0.15, 0.2) is 5.11 Å². The van der Waals surface area contributed by atoms with Crippen LogP contribution < -0.4 is 10.6 Å². The average molecular weight is 332 g/mol.